The molecule has 0 atom stereocenters. The van der Waals surface area contributed by atoms with Crippen LogP contribution in [0.3, 0.4) is 0 Å². The Hall–Kier alpha value is -2.18. The molecule has 0 heterocycles. The summed E-state index contributed by atoms with van der Waals surface area (Å²) in [5.74, 6) is -0.946. The maximum atomic E-state index is 13.3. The first-order chi connectivity index (χ1) is 8.47. The van der Waals surface area contributed by atoms with Gasteiger partial charge in [-0.15, -0.1) is 0 Å². The first-order valence-corrected chi connectivity index (χ1v) is 5.38. The zero-order valence-corrected chi connectivity index (χ0v) is 10.1. The predicted molar refractivity (Wildman–Crippen MR) is 65.0 cm³/mol. The number of nitro benzene ring substituents is 1. The lowest BCUT2D eigenvalue weighted by Gasteiger charge is -2.21. The highest BCUT2D eigenvalue weighted by molar-refractivity contribution is 5.81. The van der Waals surface area contributed by atoms with Gasteiger partial charge in [-0.05, 0) is 13.0 Å². The van der Waals surface area contributed by atoms with Crippen LogP contribution in [0, 0.1) is 15.9 Å². The van der Waals surface area contributed by atoms with Crippen molar-refractivity contribution in [2.75, 3.05) is 25.0 Å². The van der Waals surface area contributed by atoms with Crippen molar-refractivity contribution < 1.29 is 14.1 Å². The van der Waals surface area contributed by atoms with Crippen molar-refractivity contribution in [3.63, 3.8) is 0 Å². The first kappa shape index (κ1) is 13.9. The second-order valence-electron chi connectivity index (χ2n) is 3.61. The fraction of sp³-hybridized carbons (Fsp3) is 0.364. The Bertz CT molecular complexity index is 465. The topological polar surface area (TPSA) is 75.5 Å². The maximum absolute atomic E-state index is 13.3. The van der Waals surface area contributed by atoms with Gasteiger partial charge in [0.25, 0.3) is 5.69 Å². The first-order valence-electron chi connectivity index (χ1n) is 5.38. The smallest absolute Gasteiger partial charge is 0.274 e. The van der Waals surface area contributed by atoms with Gasteiger partial charge in [0.15, 0.2) is 0 Å². The molecule has 1 aromatic carbocycles. The predicted octanol–water partition coefficient (Wildman–Crippen LogP) is 1.31. The van der Waals surface area contributed by atoms with Crippen LogP contribution < -0.4 is 10.2 Å². The number of nitro groups is 1. The van der Waals surface area contributed by atoms with Gasteiger partial charge in [0.05, 0.1) is 17.5 Å². The number of amides is 1. The summed E-state index contributed by atoms with van der Waals surface area (Å²) in [4.78, 5) is 22.8. The van der Waals surface area contributed by atoms with Gasteiger partial charge in [0, 0.05) is 25.3 Å². The van der Waals surface area contributed by atoms with Crippen molar-refractivity contribution in [1.29, 1.82) is 0 Å². The Morgan fingerprint density at radius 2 is 2.17 bits per heavy atom. The molecule has 0 aliphatic carbocycles. The average molecular weight is 255 g/mol. The van der Waals surface area contributed by atoms with E-state index >= 15 is 0 Å². The van der Waals surface area contributed by atoms with Crippen molar-refractivity contribution in [2.24, 2.45) is 0 Å². The lowest BCUT2D eigenvalue weighted by atomic mass is 10.2. The summed E-state index contributed by atoms with van der Waals surface area (Å²) in [7, 11) is 1.49. The number of nitrogens with zero attached hydrogens (tertiary/aromatic N) is 2. The Morgan fingerprint density at radius 3 is 2.67 bits per heavy atom. The van der Waals surface area contributed by atoms with Crippen LogP contribution >= 0.6 is 0 Å². The molecule has 0 saturated heterocycles. The molecule has 0 aliphatic rings. The summed E-state index contributed by atoms with van der Waals surface area (Å²) in [6.07, 6.45) is 0. The molecule has 1 N–H and O–H groups in total. The molecule has 0 saturated carbocycles. The number of hydrogen-bond donors (Lipinski definition) is 1. The van der Waals surface area contributed by atoms with E-state index < -0.39 is 10.7 Å². The second kappa shape index (κ2) is 5.95. The van der Waals surface area contributed by atoms with Crippen LogP contribution in [-0.4, -0.2) is 31.0 Å². The lowest BCUT2D eigenvalue weighted by molar-refractivity contribution is -0.385. The van der Waals surface area contributed by atoms with Crippen molar-refractivity contribution >= 4 is 17.3 Å². The van der Waals surface area contributed by atoms with Crippen LogP contribution in [0.1, 0.15) is 6.92 Å². The summed E-state index contributed by atoms with van der Waals surface area (Å²) >= 11 is 0. The highest BCUT2D eigenvalue weighted by atomic mass is 19.1. The minimum Gasteiger partial charge on any atom is -0.362 e. The SMILES string of the molecule is CCN(CC(=O)NC)c1cc(F)cc([N+](=O)[O-])c1. The lowest BCUT2D eigenvalue weighted by Crippen LogP contribution is -2.35. The average Bonchev–Trinajstić information content (AvgIpc) is 2.34. The molecule has 0 bridgehead atoms. The molecular formula is C11H14FN3O3. The van der Waals surface area contributed by atoms with Gasteiger partial charge >= 0.3 is 0 Å². The van der Waals surface area contributed by atoms with Gasteiger partial charge < -0.3 is 10.2 Å². The quantitative estimate of drug-likeness (QED) is 0.635. The van der Waals surface area contributed by atoms with Gasteiger partial charge in [-0.3, -0.25) is 14.9 Å². The van der Waals surface area contributed by atoms with Crippen molar-refractivity contribution in [3.8, 4) is 0 Å². The van der Waals surface area contributed by atoms with Crippen LogP contribution in [-0.2, 0) is 4.79 Å². The number of anilines is 1. The van der Waals surface area contributed by atoms with Gasteiger partial charge in [-0.2, -0.15) is 0 Å². The molecule has 98 valence electrons. The van der Waals surface area contributed by atoms with E-state index in [2.05, 4.69) is 5.32 Å². The summed E-state index contributed by atoms with van der Waals surface area (Å²) in [6.45, 7) is 2.24. The van der Waals surface area contributed by atoms with E-state index in [1.165, 1.54) is 19.2 Å². The highest BCUT2D eigenvalue weighted by Crippen LogP contribution is 2.23. The van der Waals surface area contributed by atoms with E-state index in [1.54, 1.807) is 11.8 Å². The van der Waals surface area contributed by atoms with Crippen molar-refractivity contribution in [2.45, 2.75) is 6.92 Å². The van der Waals surface area contributed by atoms with Crippen LogP contribution in [0.5, 0.6) is 0 Å². The van der Waals surface area contributed by atoms with E-state index in [4.69, 9.17) is 0 Å². The molecule has 6 nitrogen and oxygen atoms in total. The number of non-ortho nitro benzene ring substituents is 1. The molecule has 7 heteroatoms. The number of carbonyl (C=O) groups excluding carboxylic acids is 1. The Labute approximate surface area is 104 Å². The summed E-state index contributed by atoms with van der Waals surface area (Å²) < 4.78 is 13.3. The number of benzene rings is 1. The Morgan fingerprint density at radius 1 is 1.50 bits per heavy atom. The zero-order chi connectivity index (χ0) is 13.7. The zero-order valence-electron chi connectivity index (χ0n) is 10.1. The number of rotatable bonds is 5. The number of hydrogen-bond acceptors (Lipinski definition) is 4. The Balaban J connectivity index is 3.05. The van der Waals surface area contributed by atoms with E-state index in [0.29, 0.717) is 12.2 Å². The van der Waals surface area contributed by atoms with Crippen LogP contribution in [0.4, 0.5) is 15.8 Å². The molecule has 1 aromatic rings. The third-order valence-corrected chi connectivity index (χ3v) is 2.44. The third-order valence-electron chi connectivity index (χ3n) is 2.44. The maximum Gasteiger partial charge on any atom is 0.274 e. The standard InChI is InChI=1S/C11H14FN3O3/c1-3-14(7-11(16)13-2)9-4-8(12)5-10(6-9)15(17)18/h4-6H,3,7H2,1-2H3,(H,13,16). The number of nitrogens with one attached hydrogen (secondary N) is 1. The van der Waals surface area contributed by atoms with Gasteiger partial charge in [-0.1, -0.05) is 0 Å². The molecule has 1 amide bonds. The molecule has 0 radical (unpaired) electrons. The minimum absolute atomic E-state index is 0.0214. The molecule has 18 heavy (non-hydrogen) atoms. The molecule has 0 aromatic heterocycles. The highest BCUT2D eigenvalue weighted by Gasteiger charge is 2.15. The minimum atomic E-state index is -0.699. The van der Waals surface area contributed by atoms with E-state index in [9.17, 15) is 19.3 Å². The van der Waals surface area contributed by atoms with Crippen LogP contribution in [0.2, 0.25) is 0 Å². The van der Waals surface area contributed by atoms with Gasteiger partial charge in [0.1, 0.15) is 5.82 Å². The monoisotopic (exact) mass is 255 g/mol. The van der Waals surface area contributed by atoms with E-state index in [0.717, 1.165) is 6.07 Å². The van der Waals surface area contributed by atoms with E-state index in [-0.39, 0.29) is 18.1 Å². The largest absolute Gasteiger partial charge is 0.362 e. The molecular weight excluding hydrogens is 241 g/mol. The Kier molecular flexibility index (Phi) is 4.59. The molecule has 0 aliphatic heterocycles. The van der Waals surface area contributed by atoms with Gasteiger partial charge in [-0.25, -0.2) is 4.39 Å². The van der Waals surface area contributed by atoms with Crippen molar-refractivity contribution in [3.05, 3.63) is 34.1 Å². The van der Waals surface area contributed by atoms with Crippen LogP contribution in [0.25, 0.3) is 0 Å². The molecule has 0 fully saturated rings. The fourth-order valence-electron chi connectivity index (χ4n) is 1.49. The summed E-state index contributed by atoms with van der Waals surface area (Å²) in [6, 6.07) is 3.26. The van der Waals surface area contributed by atoms with Crippen LogP contribution in [0.15, 0.2) is 18.2 Å². The molecule has 1 rings (SSSR count). The number of likely N-dealkylation sites (N-methyl/N-ethyl adjacent to an activating group) is 2. The number of halogens is 1. The molecule has 0 spiro atoms. The van der Waals surface area contributed by atoms with Crippen molar-refractivity contribution in [1.82, 2.24) is 5.32 Å². The fourth-order valence-corrected chi connectivity index (χ4v) is 1.49. The second-order valence-corrected chi connectivity index (χ2v) is 3.61. The third kappa shape index (κ3) is 3.41. The molecule has 0 unspecified atom stereocenters. The van der Waals surface area contributed by atoms with Gasteiger partial charge in [0.2, 0.25) is 5.91 Å². The summed E-state index contributed by atoms with van der Waals surface area (Å²) in [5, 5.41) is 13.1. The van der Waals surface area contributed by atoms with E-state index in [1.807, 2.05) is 0 Å². The number of carbonyl (C=O) groups is 1. The summed E-state index contributed by atoms with van der Waals surface area (Å²) in [5.41, 5.74) is -0.0202. The normalized spacial score (nSPS) is 9.94.